The van der Waals surface area contributed by atoms with Crippen LogP contribution in [-0.2, 0) is 24.1 Å². The summed E-state index contributed by atoms with van der Waals surface area (Å²) in [6.07, 6.45) is 0.146. The lowest BCUT2D eigenvalue weighted by Gasteiger charge is -2.28. The monoisotopic (exact) mass is 547 g/mol. The molecule has 0 aliphatic heterocycles. The standard InChI is InChI=1S/C29H33ClF3N3O2/c1-3-5-6-16-36(27(37)21-34(4-2)28(38)23-12-14-25(30)15-13-23)20-26-11-8-17-35(26)19-22-9-7-10-24(18-22)29(31,32)33/h7-15,17-18H,3-6,16,19-21H2,1-2H3. The van der Waals surface area contributed by atoms with Crippen LogP contribution in [0, 0.1) is 0 Å². The molecule has 0 bridgehead atoms. The number of nitrogens with zero attached hydrogens (tertiary/aromatic N) is 3. The molecule has 1 heterocycles. The number of aromatic nitrogens is 1. The van der Waals surface area contributed by atoms with E-state index < -0.39 is 11.7 Å². The predicted octanol–water partition coefficient (Wildman–Crippen LogP) is 6.89. The van der Waals surface area contributed by atoms with Gasteiger partial charge in [-0.25, -0.2) is 0 Å². The summed E-state index contributed by atoms with van der Waals surface area (Å²) >= 11 is 5.94. The molecule has 3 aromatic rings. The van der Waals surface area contributed by atoms with Gasteiger partial charge < -0.3 is 14.4 Å². The van der Waals surface area contributed by atoms with E-state index in [4.69, 9.17) is 11.6 Å². The molecule has 0 aliphatic rings. The molecule has 3 rings (SSSR count). The molecule has 0 atom stereocenters. The van der Waals surface area contributed by atoms with E-state index in [1.165, 1.54) is 11.0 Å². The van der Waals surface area contributed by atoms with Gasteiger partial charge in [-0.3, -0.25) is 9.59 Å². The van der Waals surface area contributed by atoms with Crippen LogP contribution in [0.5, 0.6) is 0 Å². The number of likely N-dealkylation sites (N-methyl/N-ethyl adjacent to an activating group) is 1. The Kier molecular flexibility index (Phi) is 10.4. The Morgan fingerprint density at radius 2 is 1.68 bits per heavy atom. The van der Waals surface area contributed by atoms with Crippen LogP contribution < -0.4 is 0 Å². The maximum atomic E-state index is 13.4. The van der Waals surface area contributed by atoms with Crippen LogP contribution in [0.15, 0.2) is 66.9 Å². The smallest absolute Gasteiger partial charge is 0.345 e. The molecule has 0 unspecified atom stereocenters. The summed E-state index contributed by atoms with van der Waals surface area (Å²) in [7, 11) is 0. The number of hydrogen-bond acceptors (Lipinski definition) is 2. The second-order valence-electron chi connectivity index (χ2n) is 9.17. The molecular formula is C29H33ClF3N3O2. The third-order valence-electron chi connectivity index (χ3n) is 6.35. The molecule has 0 N–H and O–H groups in total. The van der Waals surface area contributed by atoms with Crippen molar-refractivity contribution >= 4 is 23.4 Å². The van der Waals surface area contributed by atoms with Crippen molar-refractivity contribution in [3.63, 3.8) is 0 Å². The summed E-state index contributed by atoms with van der Waals surface area (Å²) in [6.45, 7) is 5.26. The molecule has 0 spiro atoms. The molecule has 0 aliphatic carbocycles. The molecule has 0 saturated carbocycles. The summed E-state index contributed by atoms with van der Waals surface area (Å²) in [5, 5.41) is 0.524. The summed E-state index contributed by atoms with van der Waals surface area (Å²) in [5.74, 6) is -0.434. The third kappa shape index (κ3) is 8.12. The highest BCUT2D eigenvalue weighted by molar-refractivity contribution is 6.30. The van der Waals surface area contributed by atoms with Gasteiger partial charge in [0.2, 0.25) is 5.91 Å². The van der Waals surface area contributed by atoms with Crippen LogP contribution >= 0.6 is 11.6 Å². The molecule has 2 amide bonds. The number of halogens is 4. The van der Waals surface area contributed by atoms with Gasteiger partial charge in [-0.1, -0.05) is 43.5 Å². The van der Waals surface area contributed by atoms with Crippen molar-refractivity contribution in [3.8, 4) is 0 Å². The zero-order valence-electron chi connectivity index (χ0n) is 21.7. The Morgan fingerprint density at radius 1 is 0.947 bits per heavy atom. The molecule has 0 radical (unpaired) electrons. The minimum atomic E-state index is -4.41. The fourth-order valence-corrected chi connectivity index (χ4v) is 4.32. The molecule has 0 fully saturated rings. The first-order valence-corrected chi connectivity index (χ1v) is 13.1. The first-order chi connectivity index (χ1) is 18.1. The van der Waals surface area contributed by atoms with Crippen LogP contribution in [0.4, 0.5) is 13.2 Å². The van der Waals surface area contributed by atoms with Crippen molar-refractivity contribution in [1.29, 1.82) is 0 Å². The van der Waals surface area contributed by atoms with E-state index in [1.54, 1.807) is 41.4 Å². The van der Waals surface area contributed by atoms with Crippen molar-refractivity contribution in [2.45, 2.75) is 52.4 Å². The van der Waals surface area contributed by atoms with Crippen molar-refractivity contribution in [3.05, 3.63) is 94.3 Å². The second kappa shape index (κ2) is 13.5. The lowest BCUT2D eigenvalue weighted by molar-refractivity contribution is -0.137. The first-order valence-electron chi connectivity index (χ1n) is 12.7. The maximum absolute atomic E-state index is 13.4. The molecule has 204 valence electrons. The Bertz CT molecular complexity index is 1210. The van der Waals surface area contributed by atoms with E-state index in [9.17, 15) is 22.8 Å². The van der Waals surface area contributed by atoms with Gasteiger partial charge >= 0.3 is 6.18 Å². The number of carbonyl (C=O) groups excluding carboxylic acids is 2. The average Bonchev–Trinajstić information content (AvgIpc) is 3.32. The molecular weight excluding hydrogens is 515 g/mol. The SMILES string of the molecule is CCCCCN(Cc1cccn1Cc1cccc(C(F)(F)F)c1)C(=O)CN(CC)C(=O)c1ccc(Cl)cc1. The van der Waals surface area contributed by atoms with Gasteiger partial charge in [-0.15, -0.1) is 0 Å². The van der Waals surface area contributed by atoms with Gasteiger partial charge in [0.1, 0.15) is 6.54 Å². The van der Waals surface area contributed by atoms with Crippen molar-refractivity contribution in [2.24, 2.45) is 0 Å². The Labute approximate surface area is 226 Å². The zero-order chi connectivity index (χ0) is 27.7. The second-order valence-corrected chi connectivity index (χ2v) is 9.61. The minimum absolute atomic E-state index is 0.0710. The van der Waals surface area contributed by atoms with Gasteiger partial charge in [-0.05, 0) is 67.4 Å². The van der Waals surface area contributed by atoms with E-state index in [0.29, 0.717) is 35.8 Å². The fourth-order valence-electron chi connectivity index (χ4n) is 4.20. The maximum Gasteiger partial charge on any atom is 0.416 e. The third-order valence-corrected chi connectivity index (χ3v) is 6.61. The van der Waals surface area contributed by atoms with Gasteiger partial charge in [-0.2, -0.15) is 13.2 Å². The predicted molar refractivity (Wildman–Crippen MR) is 143 cm³/mol. The van der Waals surface area contributed by atoms with E-state index in [1.807, 2.05) is 23.6 Å². The van der Waals surface area contributed by atoms with Crippen LogP contribution in [0.2, 0.25) is 5.02 Å². The normalized spacial score (nSPS) is 11.4. The number of amides is 2. The fraction of sp³-hybridized carbons (Fsp3) is 0.379. The van der Waals surface area contributed by atoms with Gasteiger partial charge in [0.25, 0.3) is 5.91 Å². The van der Waals surface area contributed by atoms with Gasteiger partial charge in [0, 0.05) is 42.1 Å². The number of rotatable bonds is 12. The van der Waals surface area contributed by atoms with Crippen molar-refractivity contribution in [2.75, 3.05) is 19.6 Å². The molecule has 2 aromatic carbocycles. The number of carbonyl (C=O) groups is 2. The summed E-state index contributed by atoms with van der Waals surface area (Å²) in [6, 6.07) is 15.5. The number of unbranched alkanes of at least 4 members (excludes halogenated alkanes) is 2. The average molecular weight is 548 g/mol. The van der Waals surface area contributed by atoms with Crippen molar-refractivity contribution in [1.82, 2.24) is 14.4 Å². The molecule has 0 saturated heterocycles. The Hall–Kier alpha value is -3.26. The highest BCUT2D eigenvalue weighted by Crippen LogP contribution is 2.29. The molecule has 1 aromatic heterocycles. The highest BCUT2D eigenvalue weighted by Gasteiger charge is 2.30. The minimum Gasteiger partial charge on any atom is -0.345 e. The zero-order valence-corrected chi connectivity index (χ0v) is 22.4. The summed E-state index contributed by atoms with van der Waals surface area (Å²) in [5.41, 5.74) is 1.09. The quantitative estimate of drug-likeness (QED) is 0.232. The van der Waals surface area contributed by atoms with Gasteiger partial charge in [0.15, 0.2) is 0 Å². The van der Waals surface area contributed by atoms with E-state index in [2.05, 4.69) is 6.92 Å². The van der Waals surface area contributed by atoms with Crippen molar-refractivity contribution < 1.29 is 22.8 Å². The van der Waals surface area contributed by atoms with Crippen LogP contribution in [0.1, 0.15) is 60.3 Å². The molecule has 38 heavy (non-hydrogen) atoms. The molecule has 9 heteroatoms. The number of hydrogen-bond donors (Lipinski definition) is 0. The van der Waals surface area contributed by atoms with Crippen LogP contribution in [-0.4, -0.2) is 45.8 Å². The van der Waals surface area contributed by atoms with E-state index >= 15 is 0 Å². The lowest BCUT2D eigenvalue weighted by atomic mass is 10.1. The highest BCUT2D eigenvalue weighted by atomic mass is 35.5. The lowest BCUT2D eigenvalue weighted by Crippen LogP contribution is -2.43. The largest absolute Gasteiger partial charge is 0.416 e. The molecule has 5 nitrogen and oxygen atoms in total. The van der Waals surface area contributed by atoms with Crippen LogP contribution in [0.3, 0.4) is 0 Å². The first kappa shape index (κ1) is 29.3. The Balaban J connectivity index is 1.75. The number of benzene rings is 2. The topological polar surface area (TPSA) is 45.6 Å². The van der Waals surface area contributed by atoms with E-state index in [-0.39, 0.29) is 24.9 Å². The van der Waals surface area contributed by atoms with E-state index in [0.717, 1.165) is 37.1 Å². The Morgan fingerprint density at radius 3 is 2.34 bits per heavy atom. The van der Waals surface area contributed by atoms with Crippen LogP contribution in [0.25, 0.3) is 0 Å². The number of alkyl halides is 3. The summed E-state index contributed by atoms with van der Waals surface area (Å²) < 4.78 is 41.4. The summed E-state index contributed by atoms with van der Waals surface area (Å²) in [4.78, 5) is 29.7. The van der Waals surface area contributed by atoms with Gasteiger partial charge in [0.05, 0.1) is 12.1 Å².